The Bertz CT molecular complexity index is 654. The highest BCUT2D eigenvalue weighted by molar-refractivity contribution is 5.58. The first-order valence-corrected chi connectivity index (χ1v) is 7.08. The molecule has 4 nitrogen and oxygen atoms in total. The first kappa shape index (κ1) is 13.0. The zero-order chi connectivity index (χ0) is 13.9. The van der Waals surface area contributed by atoms with Gasteiger partial charge in [-0.1, -0.05) is 5.92 Å². The van der Waals surface area contributed by atoms with E-state index in [4.69, 9.17) is 0 Å². The monoisotopic (exact) mass is 268 g/mol. The molecule has 2 aromatic heterocycles. The molecule has 2 aromatic rings. The maximum Gasteiger partial charge on any atom is 0.137 e. The van der Waals surface area contributed by atoms with E-state index < -0.39 is 0 Å². The second kappa shape index (κ2) is 5.56. The standard InChI is InChI=1S/C16H20N4/c1-3-4-6-18-8-10-19(11-9-18)15-13-20-7-5-17-16(20)12-14(15)2/h5,7,12-13H,6,8-11H2,1-2H3. The first-order chi connectivity index (χ1) is 9.78. The third-order valence-corrected chi connectivity index (χ3v) is 3.90. The number of hydrogen-bond acceptors (Lipinski definition) is 3. The summed E-state index contributed by atoms with van der Waals surface area (Å²) in [4.78, 5) is 9.21. The van der Waals surface area contributed by atoms with Gasteiger partial charge in [0.25, 0.3) is 0 Å². The van der Waals surface area contributed by atoms with Gasteiger partial charge in [0, 0.05) is 44.8 Å². The Labute approximate surface area is 120 Å². The molecule has 1 aliphatic rings. The summed E-state index contributed by atoms with van der Waals surface area (Å²) < 4.78 is 2.09. The van der Waals surface area contributed by atoms with E-state index in [0.717, 1.165) is 38.4 Å². The van der Waals surface area contributed by atoms with Crippen LogP contribution in [0.25, 0.3) is 5.65 Å². The zero-order valence-electron chi connectivity index (χ0n) is 12.1. The van der Waals surface area contributed by atoms with Crippen LogP contribution in [-0.2, 0) is 0 Å². The van der Waals surface area contributed by atoms with Crippen LogP contribution in [0.5, 0.6) is 0 Å². The minimum Gasteiger partial charge on any atom is -0.368 e. The highest BCUT2D eigenvalue weighted by Gasteiger charge is 2.18. The lowest BCUT2D eigenvalue weighted by Crippen LogP contribution is -2.46. The summed E-state index contributed by atoms with van der Waals surface area (Å²) in [6.45, 7) is 9.24. The van der Waals surface area contributed by atoms with Crippen LogP contribution < -0.4 is 4.90 Å². The number of piperazine rings is 1. The van der Waals surface area contributed by atoms with Crippen molar-refractivity contribution in [3.8, 4) is 11.8 Å². The number of fused-ring (bicyclic) bond motifs is 1. The van der Waals surface area contributed by atoms with Crippen molar-refractivity contribution in [3.63, 3.8) is 0 Å². The average Bonchev–Trinajstić information content (AvgIpc) is 2.92. The van der Waals surface area contributed by atoms with Gasteiger partial charge in [-0.25, -0.2) is 4.98 Å². The van der Waals surface area contributed by atoms with Crippen LogP contribution in [-0.4, -0.2) is 47.0 Å². The van der Waals surface area contributed by atoms with Gasteiger partial charge in [-0.05, 0) is 25.5 Å². The third-order valence-electron chi connectivity index (χ3n) is 3.90. The molecule has 1 aliphatic heterocycles. The molecule has 3 heterocycles. The average molecular weight is 268 g/mol. The second-order valence-electron chi connectivity index (χ2n) is 5.22. The first-order valence-electron chi connectivity index (χ1n) is 7.08. The molecule has 1 saturated heterocycles. The zero-order valence-corrected chi connectivity index (χ0v) is 12.1. The second-order valence-corrected chi connectivity index (χ2v) is 5.22. The summed E-state index contributed by atoms with van der Waals surface area (Å²) in [5, 5.41) is 0. The van der Waals surface area contributed by atoms with Crippen molar-refractivity contribution in [3.05, 3.63) is 30.2 Å². The van der Waals surface area contributed by atoms with Crippen molar-refractivity contribution >= 4 is 11.3 Å². The normalized spacial score (nSPS) is 16.2. The topological polar surface area (TPSA) is 23.8 Å². The van der Waals surface area contributed by atoms with Gasteiger partial charge in [0.1, 0.15) is 5.65 Å². The highest BCUT2D eigenvalue weighted by atomic mass is 15.3. The van der Waals surface area contributed by atoms with Crippen LogP contribution >= 0.6 is 0 Å². The molecule has 0 bridgehead atoms. The van der Waals surface area contributed by atoms with Crippen molar-refractivity contribution in [2.45, 2.75) is 13.8 Å². The predicted octanol–water partition coefficient (Wildman–Crippen LogP) is 1.79. The van der Waals surface area contributed by atoms with E-state index in [1.54, 1.807) is 0 Å². The van der Waals surface area contributed by atoms with Gasteiger partial charge in [0.15, 0.2) is 0 Å². The highest BCUT2D eigenvalue weighted by Crippen LogP contribution is 2.22. The van der Waals surface area contributed by atoms with Crippen LogP contribution in [0.2, 0.25) is 0 Å². The van der Waals surface area contributed by atoms with Crippen molar-refractivity contribution in [1.82, 2.24) is 14.3 Å². The van der Waals surface area contributed by atoms with Crippen molar-refractivity contribution < 1.29 is 0 Å². The third kappa shape index (κ3) is 2.50. The number of aromatic nitrogens is 2. The number of aryl methyl sites for hydroxylation is 1. The van der Waals surface area contributed by atoms with E-state index in [0.29, 0.717) is 0 Å². The van der Waals surface area contributed by atoms with Gasteiger partial charge in [0.05, 0.1) is 12.2 Å². The molecule has 20 heavy (non-hydrogen) atoms. The summed E-state index contributed by atoms with van der Waals surface area (Å²) >= 11 is 0. The Morgan fingerprint density at radius 3 is 2.80 bits per heavy atom. The van der Waals surface area contributed by atoms with Crippen LogP contribution in [0.4, 0.5) is 5.69 Å². The lowest BCUT2D eigenvalue weighted by molar-refractivity contribution is 0.288. The van der Waals surface area contributed by atoms with Gasteiger partial charge in [0.2, 0.25) is 0 Å². The van der Waals surface area contributed by atoms with E-state index in [1.807, 2.05) is 19.3 Å². The van der Waals surface area contributed by atoms with Crippen LogP contribution in [0.15, 0.2) is 24.7 Å². The number of pyridine rings is 1. The molecule has 0 amide bonds. The van der Waals surface area contributed by atoms with E-state index in [-0.39, 0.29) is 0 Å². The fourth-order valence-electron chi connectivity index (χ4n) is 2.72. The Morgan fingerprint density at radius 1 is 1.25 bits per heavy atom. The van der Waals surface area contributed by atoms with Crippen molar-refractivity contribution in [1.29, 1.82) is 0 Å². The molecule has 0 N–H and O–H groups in total. The lowest BCUT2D eigenvalue weighted by Gasteiger charge is -2.35. The Hall–Kier alpha value is -1.99. The van der Waals surface area contributed by atoms with E-state index >= 15 is 0 Å². The Kier molecular flexibility index (Phi) is 3.62. The van der Waals surface area contributed by atoms with E-state index in [2.05, 4.69) is 50.2 Å². The number of imidazole rings is 1. The molecule has 0 unspecified atom stereocenters. The molecular formula is C16H20N4. The molecule has 0 aliphatic carbocycles. The molecule has 1 fully saturated rings. The van der Waals surface area contributed by atoms with Crippen molar-refractivity contribution in [2.75, 3.05) is 37.6 Å². The molecule has 3 rings (SSSR count). The molecule has 0 aromatic carbocycles. The maximum atomic E-state index is 4.33. The molecule has 0 saturated carbocycles. The fraction of sp³-hybridized carbons (Fsp3) is 0.438. The largest absolute Gasteiger partial charge is 0.368 e. The summed E-state index contributed by atoms with van der Waals surface area (Å²) in [5.74, 6) is 6.12. The summed E-state index contributed by atoms with van der Waals surface area (Å²) in [6.07, 6.45) is 6.05. The van der Waals surface area contributed by atoms with Gasteiger partial charge in [-0.3, -0.25) is 4.90 Å². The molecule has 0 atom stereocenters. The van der Waals surface area contributed by atoms with E-state index in [1.165, 1.54) is 11.3 Å². The van der Waals surface area contributed by atoms with Gasteiger partial charge < -0.3 is 9.30 Å². The smallest absolute Gasteiger partial charge is 0.137 e. The SMILES string of the molecule is CC#CCN1CCN(c2cn3ccnc3cc2C)CC1. The predicted molar refractivity (Wildman–Crippen MR) is 82.0 cm³/mol. The van der Waals surface area contributed by atoms with Crippen LogP contribution in [0.3, 0.4) is 0 Å². The lowest BCUT2D eigenvalue weighted by atomic mass is 10.2. The molecule has 104 valence electrons. The van der Waals surface area contributed by atoms with Gasteiger partial charge in [-0.15, -0.1) is 5.92 Å². The van der Waals surface area contributed by atoms with Gasteiger partial charge >= 0.3 is 0 Å². The summed E-state index contributed by atoms with van der Waals surface area (Å²) in [7, 11) is 0. The minimum absolute atomic E-state index is 0.893. The number of rotatable bonds is 2. The Morgan fingerprint density at radius 2 is 2.05 bits per heavy atom. The molecule has 0 radical (unpaired) electrons. The number of anilines is 1. The van der Waals surface area contributed by atoms with Crippen LogP contribution in [0, 0.1) is 18.8 Å². The minimum atomic E-state index is 0.893. The molecule has 4 heteroatoms. The van der Waals surface area contributed by atoms with Crippen LogP contribution in [0.1, 0.15) is 12.5 Å². The number of hydrogen-bond donors (Lipinski definition) is 0. The van der Waals surface area contributed by atoms with Gasteiger partial charge in [-0.2, -0.15) is 0 Å². The fourth-order valence-corrected chi connectivity index (χ4v) is 2.72. The van der Waals surface area contributed by atoms with E-state index in [9.17, 15) is 0 Å². The molecule has 0 spiro atoms. The summed E-state index contributed by atoms with van der Waals surface area (Å²) in [6, 6.07) is 2.16. The Balaban J connectivity index is 1.75. The maximum absolute atomic E-state index is 4.33. The quantitative estimate of drug-likeness (QED) is 0.776. The molecular weight excluding hydrogens is 248 g/mol. The summed E-state index contributed by atoms with van der Waals surface area (Å²) in [5.41, 5.74) is 3.63. The number of nitrogens with zero attached hydrogens (tertiary/aromatic N) is 4. The van der Waals surface area contributed by atoms with Crippen molar-refractivity contribution in [2.24, 2.45) is 0 Å².